The second kappa shape index (κ2) is 9.68. The Morgan fingerprint density at radius 1 is 1.19 bits per heavy atom. The Hall–Kier alpha value is -2.61. The van der Waals surface area contributed by atoms with E-state index in [2.05, 4.69) is 26.3 Å². The van der Waals surface area contributed by atoms with E-state index in [0.717, 1.165) is 26.9 Å². The highest BCUT2D eigenvalue weighted by Gasteiger charge is 2.14. The number of halogens is 2. The summed E-state index contributed by atoms with van der Waals surface area (Å²) in [5.41, 5.74) is 3.09. The number of nitrogens with zero attached hydrogens (tertiary/aromatic N) is 2. The van der Waals surface area contributed by atoms with Gasteiger partial charge < -0.3 is 10.1 Å². The lowest BCUT2D eigenvalue weighted by atomic mass is 10.2. The van der Waals surface area contributed by atoms with E-state index in [1.165, 1.54) is 11.3 Å². The Labute approximate surface area is 197 Å². The summed E-state index contributed by atoms with van der Waals surface area (Å²) in [6.45, 7) is 2.99. The van der Waals surface area contributed by atoms with E-state index >= 15 is 0 Å². The second-order valence-electron chi connectivity index (χ2n) is 6.98. The number of para-hydroxylation sites is 1. The SMILES string of the molecule is Cc1ccccc1OCc1csc(C(=O)Nc2nn(Cc3ccc(Cl)cc3)cc2Br)c1. The van der Waals surface area contributed by atoms with Gasteiger partial charge in [0.2, 0.25) is 0 Å². The van der Waals surface area contributed by atoms with Crippen molar-refractivity contribution in [1.29, 1.82) is 0 Å². The number of hydrogen-bond donors (Lipinski definition) is 1. The van der Waals surface area contributed by atoms with Gasteiger partial charge in [0.1, 0.15) is 12.4 Å². The molecule has 31 heavy (non-hydrogen) atoms. The molecule has 2 aromatic heterocycles. The Morgan fingerprint density at radius 2 is 1.97 bits per heavy atom. The van der Waals surface area contributed by atoms with E-state index in [0.29, 0.717) is 28.9 Å². The molecule has 0 spiro atoms. The van der Waals surface area contributed by atoms with E-state index in [9.17, 15) is 4.79 Å². The number of carbonyl (C=O) groups is 1. The number of aryl methyl sites for hydroxylation is 1. The van der Waals surface area contributed by atoms with Gasteiger partial charge in [-0.2, -0.15) is 5.10 Å². The van der Waals surface area contributed by atoms with E-state index in [-0.39, 0.29) is 5.91 Å². The zero-order valence-corrected chi connectivity index (χ0v) is 19.8. The highest BCUT2D eigenvalue weighted by Crippen LogP contribution is 2.24. The summed E-state index contributed by atoms with van der Waals surface area (Å²) in [5, 5.41) is 9.96. The van der Waals surface area contributed by atoms with Crippen LogP contribution in [0.4, 0.5) is 5.82 Å². The smallest absolute Gasteiger partial charge is 0.266 e. The standard InChI is InChI=1S/C23H19BrClN3O2S/c1-15-4-2-3-5-20(15)30-13-17-10-21(31-14-17)23(29)26-22-19(24)12-28(27-22)11-16-6-8-18(25)9-7-16/h2-10,12,14H,11,13H2,1H3,(H,26,27,29). The molecule has 0 saturated heterocycles. The van der Waals surface area contributed by atoms with Gasteiger partial charge in [0.05, 0.1) is 15.9 Å². The first-order valence-corrected chi connectivity index (χ1v) is 11.6. The topological polar surface area (TPSA) is 56.1 Å². The number of hydrogen-bond acceptors (Lipinski definition) is 4. The third-order valence-corrected chi connectivity index (χ3v) is 6.38. The van der Waals surface area contributed by atoms with E-state index in [4.69, 9.17) is 16.3 Å². The predicted octanol–water partition coefficient (Wildman–Crippen LogP) is 6.55. The molecule has 0 bridgehead atoms. The number of anilines is 1. The molecule has 0 fully saturated rings. The Bertz CT molecular complexity index is 1200. The largest absolute Gasteiger partial charge is 0.489 e. The Balaban J connectivity index is 1.38. The lowest BCUT2D eigenvalue weighted by Crippen LogP contribution is -2.11. The zero-order chi connectivity index (χ0) is 21.8. The highest BCUT2D eigenvalue weighted by atomic mass is 79.9. The molecule has 4 rings (SSSR count). The van der Waals surface area contributed by atoms with Crippen LogP contribution >= 0.6 is 38.9 Å². The lowest BCUT2D eigenvalue weighted by Gasteiger charge is -2.07. The number of carbonyl (C=O) groups excluding carboxylic acids is 1. The summed E-state index contributed by atoms with van der Waals surface area (Å²) in [6, 6.07) is 17.3. The molecule has 8 heteroatoms. The van der Waals surface area contributed by atoms with E-state index in [1.54, 1.807) is 4.68 Å². The fraction of sp³-hybridized carbons (Fsp3) is 0.130. The van der Waals surface area contributed by atoms with Crippen LogP contribution in [0.2, 0.25) is 5.02 Å². The molecule has 2 aromatic carbocycles. The average Bonchev–Trinajstić information content (AvgIpc) is 3.36. The maximum atomic E-state index is 12.7. The van der Waals surface area contributed by atoms with Crippen LogP contribution in [0.3, 0.4) is 0 Å². The molecular weight excluding hydrogens is 498 g/mol. The Morgan fingerprint density at radius 3 is 2.74 bits per heavy atom. The molecule has 0 unspecified atom stereocenters. The number of aromatic nitrogens is 2. The number of ether oxygens (including phenoxy) is 1. The second-order valence-corrected chi connectivity index (χ2v) is 9.18. The summed E-state index contributed by atoms with van der Waals surface area (Å²) < 4.78 is 8.34. The van der Waals surface area contributed by atoms with Crippen LogP contribution in [0.15, 0.2) is 70.6 Å². The van der Waals surface area contributed by atoms with Gasteiger partial charge in [-0.15, -0.1) is 11.3 Å². The van der Waals surface area contributed by atoms with Crippen LogP contribution in [0.1, 0.15) is 26.4 Å². The van der Waals surface area contributed by atoms with Crippen LogP contribution < -0.4 is 10.1 Å². The molecule has 0 atom stereocenters. The first-order chi connectivity index (χ1) is 15.0. The van der Waals surface area contributed by atoms with Crippen molar-refractivity contribution in [3.05, 3.63) is 97.2 Å². The molecule has 2 heterocycles. The quantitative estimate of drug-likeness (QED) is 0.303. The minimum absolute atomic E-state index is 0.204. The van der Waals surface area contributed by atoms with Crippen molar-refractivity contribution in [3.63, 3.8) is 0 Å². The first-order valence-electron chi connectivity index (χ1n) is 9.52. The van der Waals surface area contributed by atoms with Crippen molar-refractivity contribution in [1.82, 2.24) is 9.78 Å². The summed E-state index contributed by atoms with van der Waals surface area (Å²) in [6.07, 6.45) is 1.83. The van der Waals surface area contributed by atoms with Gasteiger partial charge >= 0.3 is 0 Å². The predicted molar refractivity (Wildman–Crippen MR) is 128 cm³/mol. The third-order valence-electron chi connectivity index (χ3n) is 4.57. The van der Waals surface area contributed by atoms with E-state index < -0.39 is 0 Å². The van der Waals surface area contributed by atoms with Gasteiger partial charge in [0.25, 0.3) is 5.91 Å². The normalized spacial score (nSPS) is 10.8. The lowest BCUT2D eigenvalue weighted by molar-refractivity contribution is 0.103. The van der Waals surface area contributed by atoms with Gasteiger partial charge in [-0.1, -0.05) is 41.9 Å². The van der Waals surface area contributed by atoms with Crippen molar-refractivity contribution in [2.24, 2.45) is 0 Å². The number of nitrogens with one attached hydrogen (secondary N) is 1. The van der Waals surface area contributed by atoms with Crippen LogP contribution in [-0.4, -0.2) is 15.7 Å². The molecule has 1 amide bonds. The molecule has 4 aromatic rings. The summed E-state index contributed by atoms with van der Waals surface area (Å²) in [5.74, 6) is 1.12. The van der Waals surface area contributed by atoms with Crippen LogP contribution in [0, 0.1) is 6.92 Å². The monoisotopic (exact) mass is 515 g/mol. The van der Waals surface area contributed by atoms with Gasteiger partial charge in [-0.3, -0.25) is 9.48 Å². The maximum absolute atomic E-state index is 12.7. The van der Waals surface area contributed by atoms with Crippen molar-refractivity contribution < 1.29 is 9.53 Å². The molecule has 0 saturated carbocycles. The molecule has 0 aliphatic carbocycles. The van der Waals surface area contributed by atoms with Crippen LogP contribution in [-0.2, 0) is 13.2 Å². The van der Waals surface area contributed by atoms with Crippen molar-refractivity contribution in [2.75, 3.05) is 5.32 Å². The fourth-order valence-electron chi connectivity index (χ4n) is 2.96. The summed E-state index contributed by atoms with van der Waals surface area (Å²) in [7, 11) is 0. The molecule has 0 radical (unpaired) electrons. The van der Waals surface area contributed by atoms with E-state index in [1.807, 2.05) is 73.1 Å². The zero-order valence-electron chi connectivity index (χ0n) is 16.6. The minimum atomic E-state index is -0.204. The van der Waals surface area contributed by atoms with Crippen LogP contribution in [0.5, 0.6) is 5.75 Å². The Kier molecular flexibility index (Phi) is 6.75. The minimum Gasteiger partial charge on any atom is -0.489 e. The van der Waals surface area contributed by atoms with Crippen molar-refractivity contribution in [2.45, 2.75) is 20.1 Å². The molecule has 5 nitrogen and oxygen atoms in total. The first kappa shape index (κ1) is 21.6. The molecule has 0 aliphatic heterocycles. The molecule has 0 aliphatic rings. The van der Waals surface area contributed by atoms with Crippen molar-refractivity contribution >= 4 is 50.6 Å². The maximum Gasteiger partial charge on any atom is 0.266 e. The van der Waals surface area contributed by atoms with Gasteiger partial charge in [0.15, 0.2) is 5.82 Å². The summed E-state index contributed by atoms with van der Waals surface area (Å²) in [4.78, 5) is 13.3. The number of thiophene rings is 1. The number of benzene rings is 2. The van der Waals surface area contributed by atoms with Crippen molar-refractivity contribution in [3.8, 4) is 5.75 Å². The summed E-state index contributed by atoms with van der Waals surface area (Å²) >= 11 is 10.8. The molecular formula is C23H19BrClN3O2S. The average molecular weight is 517 g/mol. The molecule has 1 N–H and O–H groups in total. The van der Waals surface area contributed by atoms with Gasteiger partial charge in [-0.05, 0) is 63.6 Å². The van der Waals surface area contributed by atoms with Crippen LogP contribution in [0.25, 0.3) is 0 Å². The molecule has 158 valence electrons. The van der Waals surface area contributed by atoms with Gasteiger partial charge in [0, 0.05) is 16.8 Å². The fourth-order valence-corrected chi connectivity index (χ4v) is 4.29. The number of amides is 1. The highest BCUT2D eigenvalue weighted by molar-refractivity contribution is 9.10. The van der Waals surface area contributed by atoms with Gasteiger partial charge in [-0.25, -0.2) is 0 Å². The number of rotatable bonds is 7. The third kappa shape index (κ3) is 5.55.